The number of carbonyl (C=O) groups excluding carboxylic acids is 3. The molecule has 3 amide bonds. The number of aliphatic hydroxyl groups is 1. The Morgan fingerprint density at radius 2 is 1.84 bits per heavy atom. The fraction of sp³-hybridized carbons (Fsp3) is 0.424. The summed E-state index contributed by atoms with van der Waals surface area (Å²) in [4.78, 5) is 47.6. The highest BCUT2D eigenvalue weighted by molar-refractivity contribution is 9.09. The molecule has 3 heterocycles. The molecule has 3 unspecified atom stereocenters. The van der Waals surface area contributed by atoms with Crippen molar-refractivity contribution in [1.82, 2.24) is 4.90 Å². The molecule has 0 radical (unpaired) electrons. The number of anilines is 2. The fourth-order valence-corrected chi connectivity index (χ4v) is 8.36. The van der Waals surface area contributed by atoms with Gasteiger partial charge in [0, 0.05) is 30.1 Å². The Morgan fingerprint density at radius 1 is 1.16 bits per heavy atom. The first-order valence-corrected chi connectivity index (χ1v) is 16.0. The van der Waals surface area contributed by atoms with Crippen LogP contribution in [0.3, 0.4) is 0 Å². The van der Waals surface area contributed by atoms with Crippen molar-refractivity contribution < 1.29 is 29.0 Å². The van der Waals surface area contributed by atoms with Gasteiger partial charge < -0.3 is 29.3 Å². The molecule has 2 aromatic rings. The van der Waals surface area contributed by atoms with Gasteiger partial charge in [-0.3, -0.25) is 14.4 Å². The summed E-state index contributed by atoms with van der Waals surface area (Å²) < 4.78 is 12.2. The van der Waals surface area contributed by atoms with Gasteiger partial charge in [0.1, 0.15) is 17.4 Å². The van der Waals surface area contributed by atoms with Crippen LogP contribution < -0.4 is 14.5 Å². The molecule has 6 atom stereocenters. The molecule has 2 bridgehead atoms. The van der Waals surface area contributed by atoms with E-state index in [1.807, 2.05) is 19.9 Å². The van der Waals surface area contributed by atoms with Gasteiger partial charge in [0.2, 0.25) is 11.8 Å². The van der Waals surface area contributed by atoms with Crippen molar-refractivity contribution in [3.63, 3.8) is 0 Å². The minimum Gasteiger partial charge on any atom is -0.494 e. The lowest BCUT2D eigenvalue weighted by Crippen LogP contribution is -2.57. The van der Waals surface area contributed by atoms with Crippen LogP contribution in [0.2, 0.25) is 5.02 Å². The van der Waals surface area contributed by atoms with Gasteiger partial charge in [-0.05, 0) is 56.2 Å². The molecule has 5 rings (SSSR count). The number of amides is 3. The normalized spacial score (nSPS) is 26.8. The van der Waals surface area contributed by atoms with Crippen LogP contribution >= 0.6 is 27.5 Å². The SMILES string of the molecule is C=CCN(C(=O)[C@H]1[C@@H]2OC3(CC2Br)C(C(=O)N(CC=C)c2c(C)cccc2Cl)N(CCO)C(=O)[C@H]13)c1ccc(OCC)cc1. The number of aliphatic hydroxyl groups excluding tert-OH is 1. The number of para-hydroxylation sites is 1. The van der Waals surface area contributed by atoms with Crippen LogP contribution in [0, 0.1) is 18.8 Å². The number of nitrogens with zero attached hydrogens (tertiary/aromatic N) is 3. The van der Waals surface area contributed by atoms with Crippen molar-refractivity contribution in [2.24, 2.45) is 11.8 Å². The van der Waals surface area contributed by atoms with E-state index in [2.05, 4.69) is 29.1 Å². The summed E-state index contributed by atoms with van der Waals surface area (Å²) in [5, 5.41) is 10.4. The number of benzene rings is 2. The molecular formula is C33H37BrClN3O6. The lowest BCUT2D eigenvalue weighted by molar-refractivity contribution is -0.141. The maximum absolute atomic E-state index is 14.7. The number of rotatable bonds is 12. The molecule has 234 valence electrons. The van der Waals surface area contributed by atoms with E-state index in [9.17, 15) is 19.5 Å². The molecule has 1 N–H and O–H groups in total. The van der Waals surface area contributed by atoms with Gasteiger partial charge >= 0.3 is 0 Å². The highest BCUT2D eigenvalue weighted by Crippen LogP contribution is 2.60. The molecule has 3 saturated heterocycles. The number of halogens is 2. The standard InChI is InChI=1S/C33H37BrClN3O6/c1-5-15-36(21-11-13-22(14-12-21)43-7-3)30(40)25-26-31(41)38(17-18-39)29(33(26)19-23(34)28(25)44-33)32(42)37(16-6-2)27-20(4)9-8-10-24(27)35/h5-6,8-14,23,25-26,28-29,39H,1-2,7,15-19H2,3-4H3/t23?,25-,26+,28-,29?,33?/m1/s1. The molecule has 3 fully saturated rings. The largest absolute Gasteiger partial charge is 0.494 e. The van der Waals surface area contributed by atoms with Crippen molar-refractivity contribution in [3.05, 3.63) is 78.4 Å². The van der Waals surface area contributed by atoms with E-state index in [-0.39, 0.29) is 37.0 Å². The van der Waals surface area contributed by atoms with Crippen molar-refractivity contribution in [2.45, 2.75) is 42.8 Å². The Morgan fingerprint density at radius 3 is 2.45 bits per heavy atom. The molecule has 44 heavy (non-hydrogen) atoms. The van der Waals surface area contributed by atoms with Crippen LogP contribution in [-0.2, 0) is 19.1 Å². The van der Waals surface area contributed by atoms with Gasteiger partial charge in [-0.15, -0.1) is 13.2 Å². The van der Waals surface area contributed by atoms with E-state index >= 15 is 0 Å². The summed E-state index contributed by atoms with van der Waals surface area (Å²) in [7, 11) is 0. The molecule has 11 heteroatoms. The summed E-state index contributed by atoms with van der Waals surface area (Å²) >= 11 is 10.3. The Kier molecular flexibility index (Phi) is 9.55. The molecule has 3 aliphatic rings. The van der Waals surface area contributed by atoms with Gasteiger partial charge in [0.05, 0.1) is 41.9 Å². The number of ether oxygens (including phenoxy) is 2. The predicted molar refractivity (Wildman–Crippen MR) is 173 cm³/mol. The van der Waals surface area contributed by atoms with Crippen molar-refractivity contribution in [3.8, 4) is 5.75 Å². The average Bonchev–Trinajstić information content (AvgIpc) is 3.59. The highest BCUT2D eigenvalue weighted by atomic mass is 79.9. The van der Waals surface area contributed by atoms with Crippen molar-refractivity contribution in [2.75, 3.05) is 42.6 Å². The van der Waals surface area contributed by atoms with Gasteiger partial charge in [0.25, 0.3) is 5.91 Å². The average molecular weight is 687 g/mol. The lowest BCUT2D eigenvalue weighted by Gasteiger charge is -2.37. The molecule has 0 aromatic heterocycles. The topological polar surface area (TPSA) is 99.6 Å². The number of carbonyl (C=O) groups is 3. The Labute approximate surface area is 271 Å². The van der Waals surface area contributed by atoms with Gasteiger partial charge in [-0.1, -0.05) is 51.8 Å². The summed E-state index contributed by atoms with van der Waals surface area (Å²) in [5.41, 5.74) is 0.616. The Balaban J connectivity index is 1.57. The van der Waals surface area contributed by atoms with Crippen LogP contribution in [0.4, 0.5) is 11.4 Å². The summed E-state index contributed by atoms with van der Waals surface area (Å²) in [6, 6.07) is 11.4. The molecule has 2 aromatic carbocycles. The third kappa shape index (κ3) is 5.25. The minimum absolute atomic E-state index is 0.0892. The molecule has 0 saturated carbocycles. The predicted octanol–water partition coefficient (Wildman–Crippen LogP) is 4.53. The number of hydrogen-bond acceptors (Lipinski definition) is 6. The highest BCUT2D eigenvalue weighted by Gasteiger charge is 2.77. The monoisotopic (exact) mass is 685 g/mol. The van der Waals surface area contributed by atoms with Crippen LogP contribution in [-0.4, -0.2) is 83.2 Å². The van der Waals surface area contributed by atoms with E-state index in [1.165, 1.54) is 9.80 Å². The summed E-state index contributed by atoms with van der Waals surface area (Å²) in [6.45, 7) is 11.8. The molecule has 1 spiro atoms. The zero-order chi connectivity index (χ0) is 31.8. The molecule has 3 aliphatic heterocycles. The zero-order valence-electron chi connectivity index (χ0n) is 24.8. The number of alkyl halides is 1. The van der Waals surface area contributed by atoms with E-state index in [0.717, 1.165) is 5.56 Å². The van der Waals surface area contributed by atoms with Crippen molar-refractivity contribution in [1.29, 1.82) is 0 Å². The maximum atomic E-state index is 14.7. The fourth-order valence-electron chi connectivity index (χ4n) is 7.09. The third-order valence-corrected chi connectivity index (χ3v) is 9.87. The molecule has 0 aliphatic carbocycles. The summed E-state index contributed by atoms with van der Waals surface area (Å²) in [5.74, 6) is -2.23. The molecule has 9 nitrogen and oxygen atoms in total. The number of β-amino-alcohol motifs (C(OH)–C–C–N with tert-alkyl or cyclic N) is 1. The Bertz CT molecular complexity index is 1430. The minimum atomic E-state index is -1.30. The molecular weight excluding hydrogens is 650 g/mol. The number of likely N-dealkylation sites (tertiary alicyclic amines) is 1. The third-order valence-electron chi connectivity index (χ3n) is 8.72. The van der Waals surface area contributed by atoms with Gasteiger partial charge in [-0.25, -0.2) is 0 Å². The second kappa shape index (κ2) is 13.0. The quantitative estimate of drug-likeness (QED) is 0.261. The van der Waals surface area contributed by atoms with Gasteiger partial charge in [-0.2, -0.15) is 0 Å². The summed E-state index contributed by atoms with van der Waals surface area (Å²) in [6.07, 6.45) is 2.92. The van der Waals surface area contributed by atoms with E-state index < -0.39 is 41.4 Å². The zero-order valence-corrected chi connectivity index (χ0v) is 27.2. The first kappa shape index (κ1) is 32.2. The number of aryl methyl sites for hydroxylation is 1. The number of fused-ring (bicyclic) bond motifs is 1. The van der Waals surface area contributed by atoms with Crippen LogP contribution in [0.5, 0.6) is 5.75 Å². The first-order chi connectivity index (χ1) is 21.1. The van der Waals surface area contributed by atoms with Crippen LogP contribution in [0.25, 0.3) is 0 Å². The first-order valence-electron chi connectivity index (χ1n) is 14.7. The second-order valence-corrected chi connectivity index (χ2v) is 12.8. The van der Waals surface area contributed by atoms with E-state index in [0.29, 0.717) is 35.2 Å². The van der Waals surface area contributed by atoms with E-state index in [4.69, 9.17) is 21.1 Å². The van der Waals surface area contributed by atoms with Crippen molar-refractivity contribution >= 4 is 56.6 Å². The van der Waals surface area contributed by atoms with Crippen LogP contribution in [0.1, 0.15) is 18.9 Å². The maximum Gasteiger partial charge on any atom is 0.253 e. The smallest absolute Gasteiger partial charge is 0.253 e. The second-order valence-electron chi connectivity index (χ2n) is 11.2. The van der Waals surface area contributed by atoms with Crippen LogP contribution in [0.15, 0.2) is 67.8 Å². The Hall–Kier alpha value is -3.18. The number of hydrogen-bond donors (Lipinski definition) is 1. The van der Waals surface area contributed by atoms with E-state index in [1.54, 1.807) is 53.5 Å². The van der Waals surface area contributed by atoms with Gasteiger partial charge in [0.15, 0.2) is 0 Å². The lowest BCUT2D eigenvalue weighted by atomic mass is 9.70.